The molecule has 1 heteroatoms. The molecule has 0 atom stereocenters. The van der Waals surface area contributed by atoms with Gasteiger partial charge in [-0.2, -0.15) is 0 Å². The average Bonchev–Trinajstić information content (AvgIpc) is 2.92. The molecule has 0 N–H and O–H groups in total. The van der Waals surface area contributed by atoms with Gasteiger partial charge in [0.25, 0.3) is 0 Å². The van der Waals surface area contributed by atoms with Gasteiger partial charge < -0.3 is 4.48 Å². The molecule has 0 rings (SSSR count). The third-order valence-corrected chi connectivity index (χ3v) is 9.23. The molecule has 0 spiro atoms. The minimum absolute atomic E-state index is 1.25. The van der Waals surface area contributed by atoms with Crippen molar-refractivity contribution < 1.29 is 4.48 Å². The van der Waals surface area contributed by atoms with Gasteiger partial charge >= 0.3 is 0 Å². The van der Waals surface area contributed by atoms with Crippen molar-refractivity contribution in [3.8, 4) is 0 Å². The highest BCUT2D eigenvalue weighted by atomic mass is 15.3. The van der Waals surface area contributed by atoms with Gasteiger partial charge in [-0.05, 0) is 25.7 Å². The lowest BCUT2D eigenvalue weighted by molar-refractivity contribution is -0.890. The molecule has 0 unspecified atom stereocenters. The van der Waals surface area contributed by atoms with E-state index in [1.165, 1.54) is 223 Å². The lowest BCUT2D eigenvalue weighted by atomic mass is 10.0. The fraction of sp³-hybridized carbons (Fsp3) is 1.00. The molecule has 0 aliphatic rings. The van der Waals surface area contributed by atoms with Crippen LogP contribution in [0.25, 0.3) is 0 Å². The number of unbranched alkanes of at least 4 members (excludes halogenated alkanes) is 30. The smallest absolute Gasteiger partial charge is 0.0782 e. The van der Waals surface area contributed by atoms with E-state index in [4.69, 9.17) is 0 Å². The third kappa shape index (κ3) is 34.1. The monoisotopic (exact) mass is 551 g/mol. The summed E-state index contributed by atoms with van der Waals surface area (Å²) in [6, 6.07) is 0. The number of hydrogen-bond acceptors (Lipinski definition) is 0. The summed E-state index contributed by atoms with van der Waals surface area (Å²) in [7, 11) is 4.94. The minimum Gasteiger partial charge on any atom is -0.328 e. The van der Waals surface area contributed by atoms with Crippen molar-refractivity contribution in [1.29, 1.82) is 0 Å². The van der Waals surface area contributed by atoms with Gasteiger partial charge in [-0.3, -0.25) is 0 Å². The molecule has 39 heavy (non-hydrogen) atoms. The lowest BCUT2D eigenvalue weighted by Crippen LogP contribution is -2.41. The second kappa shape index (κ2) is 32.5. The molecule has 0 bridgehead atoms. The molecule has 0 heterocycles. The summed E-state index contributed by atoms with van der Waals surface area (Å²) < 4.78 is 1.25. The van der Waals surface area contributed by atoms with Crippen molar-refractivity contribution in [2.24, 2.45) is 0 Å². The molecular weight excluding hydrogens is 470 g/mol. The first kappa shape index (κ1) is 39.0. The van der Waals surface area contributed by atoms with E-state index in [1.807, 2.05) is 0 Å². The molecule has 0 amide bonds. The van der Waals surface area contributed by atoms with Crippen molar-refractivity contribution in [2.45, 2.75) is 219 Å². The van der Waals surface area contributed by atoms with Crippen molar-refractivity contribution in [1.82, 2.24) is 0 Å². The van der Waals surface area contributed by atoms with E-state index in [9.17, 15) is 0 Å². The second-order valence-corrected chi connectivity index (χ2v) is 14.0. The molecule has 0 saturated heterocycles. The maximum Gasteiger partial charge on any atom is 0.0782 e. The SMILES string of the molecule is CCCCCCCCCCCCCCCCCC[N+](C)(C)CCCCCCCCCCCCCCCCCC. The van der Waals surface area contributed by atoms with Crippen LogP contribution in [0.3, 0.4) is 0 Å². The van der Waals surface area contributed by atoms with Gasteiger partial charge in [-0.25, -0.2) is 0 Å². The van der Waals surface area contributed by atoms with Crippen LogP contribution in [0, 0.1) is 0 Å². The van der Waals surface area contributed by atoms with E-state index in [0.29, 0.717) is 0 Å². The zero-order valence-corrected chi connectivity index (χ0v) is 28.5. The van der Waals surface area contributed by atoms with Crippen LogP contribution in [0.4, 0.5) is 0 Å². The molecular formula is C38H80N+. The van der Waals surface area contributed by atoms with E-state index < -0.39 is 0 Å². The van der Waals surface area contributed by atoms with Crippen LogP contribution in [0.15, 0.2) is 0 Å². The molecule has 0 fully saturated rings. The summed E-state index contributed by atoms with van der Waals surface area (Å²) in [5, 5.41) is 0. The van der Waals surface area contributed by atoms with Gasteiger partial charge in [-0.1, -0.05) is 194 Å². The van der Waals surface area contributed by atoms with Gasteiger partial charge in [-0.15, -0.1) is 0 Å². The van der Waals surface area contributed by atoms with Crippen LogP contribution in [-0.2, 0) is 0 Å². The van der Waals surface area contributed by atoms with Crippen molar-refractivity contribution in [3.05, 3.63) is 0 Å². The van der Waals surface area contributed by atoms with Crippen molar-refractivity contribution >= 4 is 0 Å². The zero-order valence-electron chi connectivity index (χ0n) is 28.5. The van der Waals surface area contributed by atoms with E-state index in [2.05, 4.69) is 27.9 Å². The van der Waals surface area contributed by atoms with Crippen molar-refractivity contribution in [3.63, 3.8) is 0 Å². The average molecular weight is 551 g/mol. The Hall–Kier alpha value is -0.0400. The topological polar surface area (TPSA) is 0 Å². The molecule has 0 aromatic rings. The summed E-state index contributed by atoms with van der Waals surface area (Å²) in [5.41, 5.74) is 0. The van der Waals surface area contributed by atoms with Crippen LogP contribution in [0.1, 0.15) is 219 Å². The molecule has 0 saturated carbocycles. The predicted molar refractivity (Wildman–Crippen MR) is 181 cm³/mol. The number of hydrogen-bond donors (Lipinski definition) is 0. The summed E-state index contributed by atoms with van der Waals surface area (Å²) in [6.45, 7) is 7.39. The van der Waals surface area contributed by atoms with Crippen LogP contribution in [0.5, 0.6) is 0 Å². The first-order valence-electron chi connectivity index (χ1n) is 18.9. The fourth-order valence-electron chi connectivity index (χ4n) is 6.29. The van der Waals surface area contributed by atoms with Gasteiger partial charge in [0.1, 0.15) is 0 Å². The predicted octanol–water partition coefficient (Wildman–Crippen LogP) is 13.6. The molecule has 1 nitrogen and oxygen atoms in total. The van der Waals surface area contributed by atoms with Crippen LogP contribution < -0.4 is 0 Å². The maximum absolute atomic E-state index is 2.47. The largest absolute Gasteiger partial charge is 0.328 e. The molecule has 0 aromatic heterocycles. The zero-order chi connectivity index (χ0) is 28.5. The van der Waals surface area contributed by atoms with E-state index in [1.54, 1.807) is 0 Å². The fourth-order valence-corrected chi connectivity index (χ4v) is 6.29. The molecule has 0 aromatic carbocycles. The van der Waals surface area contributed by atoms with Crippen LogP contribution in [0.2, 0.25) is 0 Å². The number of nitrogens with zero attached hydrogens (tertiary/aromatic N) is 1. The minimum atomic E-state index is 1.25. The molecule has 236 valence electrons. The van der Waals surface area contributed by atoms with E-state index in [0.717, 1.165) is 0 Å². The Bertz CT molecular complexity index is 390. The summed E-state index contributed by atoms with van der Waals surface area (Å²) in [5.74, 6) is 0. The quantitative estimate of drug-likeness (QED) is 0.0552. The highest BCUT2D eigenvalue weighted by Gasteiger charge is 2.13. The molecule has 0 aliphatic carbocycles. The highest BCUT2D eigenvalue weighted by molar-refractivity contribution is 4.52. The van der Waals surface area contributed by atoms with Gasteiger partial charge in [0.15, 0.2) is 0 Å². The van der Waals surface area contributed by atoms with Crippen molar-refractivity contribution in [2.75, 3.05) is 27.2 Å². The Kier molecular flexibility index (Phi) is 32.4. The van der Waals surface area contributed by atoms with E-state index >= 15 is 0 Å². The Labute approximate surface area is 250 Å². The van der Waals surface area contributed by atoms with Gasteiger partial charge in [0, 0.05) is 0 Å². The first-order valence-corrected chi connectivity index (χ1v) is 18.9. The molecule has 0 radical (unpaired) electrons. The normalized spacial score (nSPS) is 12.0. The first-order chi connectivity index (χ1) is 19.1. The Morgan fingerprint density at radius 2 is 0.385 bits per heavy atom. The number of quaternary nitrogens is 1. The standard InChI is InChI=1S/C38H80N/c1-5-7-9-11-13-15-17-19-21-23-25-27-29-31-33-35-37-39(3,4)38-36-34-32-30-28-26-24-22-20-18-16-14-12-10-8-6-2/h5-38H2,1-4H3/q+1. The van der Waals surface area contributed by atoms with Crippen LogP contribution >= 0.6 is 0 Å². The Morgan fingerprint density at radius 3 is 0.564 bits per heavy atom. The highest BCUT2D eigenvalue weighted by Crippen LogP contribution is 2.16. The Balaban J connectivity index is 3.26. The summed E-state index contributed by atoms with van der Waals surface area (Å²) >= 11 is 0. The second-order valence-electron chi connectivity index (χ2n) is 14.0. The summed E-state index contributed by atoms with van der Waals surface area (Å²) in [4.78, 5) is 0. The lowest BCUT2D eigenvalue weighted by Gasteiger charge is -2.30. The summed E-state index contributed by atoms with van der Waals surface area (Å²) in [6.07, 6.45) is 46.9. The van der Waals surface area contributed by atoms with Gasteiger partial charge in [0.2, 0.25) is 0 Å². The maximum atomic E-state index is 2.47. The van der Waals surface area contributed by atoms with E-state index in [-0.39, 0.29) is 0 Å². The Morgan fingerprint density at radius 1 is 0.231 bits per heavy atom. The van der Waals surface area contributed by atoms with Crippen LogP contribution in [-0.4, -0.2) is 31.7 Å². The van der Waals surface area contributed by atoms with Gasteiger partial charge in [0.05, 0.1) is 27.2 Å². The molecule has 0 aliphatic heterocycles. The number of rotatable bonds is 34. The third-order valence-electron chi connectivity index (χ3n) is 9.23.